The van der Waals surface area contributed by atoms with Crippen molar-refractivity contribution in [3.05, 3.63) is 89.5 Å². The summed E-state index contributed by atoms with van der Waals surface area (Å²) in [6.07, 6.45) is 0.235. The Kier molecular flexibility index (Phi) is 5.15. The topological polar surface area (TPSA) is 56.8 Å². The van der Waals surface area contributed by atoms with Gasteiger partial charge in [-0.1, -0.05) is 42.5 Å². The number of fused-ring (bicyclic) bond motifs is 1. The molecule has 0 saturated carbocycles. The molecule has 28 heavy (non-hydrogen) atoms. The Bertz CT molecular complexity index is 971. The van der Waals surface area contributed by atoms with Gasteiger partial charge in [0.2, 0.25) is 0 Å². The van der Waals surface area contributed by atoms with Crippen LogP contribution in [0.4, 0.5) is 0 Å². The highest BCUT2D eigenvalue weighted by Gasteiger charge is 2.26. The van der Waals surface area contributed by atoms with E-state index in [0.717, 1.165) is 12.0 Å². The van der Waals surface area contributed by atoms with Crippen LogP contribution in [0.25, 0.3) is 0 Å². The van der Waals surface area contributed by atoms with E-state index in [0.29, 0.717) is 29.4 Å². The Balaban J connectivity index is 1.47. The fourth-order valence-corrected chi connectivity index (χ4v) is 3.15. The fraction of sp³-hybridized carbons (Fsp3) is 0.174. The van der Waals surface area contributed by atoms with Crippen LogP contribution in [-0.4, -0.2) is 19.6 Å². The van der Waals surface area contributed by atoms with Gasteiger partial charge in [-0.2, -0.15) is 0 Å². The monoisotopic (exact) mass is 375 g/mol. The number of hydrogen-bond acceptors (Lipinski definition) is 4. The molecule has 0 radical (unpaired) electrons. The lowest BCUT2D eigenvalue weighted by Gasteiger charge is -2.27. The molecule has 0 aromatic heterocycles. The highest BCUT2D eigenvalue weighted by atomic mass is 16.5. The standard InChI is InChI=1S/C23H21NO4/c1-26-21-15-17(23-24-22(25)18-9-5-6-10-19(18)28-23)11-12-20(21)27-14-13-16-7-3-2-4-8-16/h2-12,15,23H,13-14H2,1H3,(H,24,25)/t23-/m0/s1. The van der Waals surface area contributed by atoms with Gasteiger partial charge >= 0.3 is 0 Å². The highest BCUT2D eigenvalue weighted by Crippen LogP contribution is 2.34. The second kappa shape index (κ2) is 8.05. The van der Waals surface area contributed by atoms with E-state index in [1.165, 1.54) is 5.56 Å². The van der Waals surface area contributed by atoms with Crippen LogP contribution >= 0.6 is 0 Å². The summed E-state index contributed by atoms with van der Waals surface area (Å²) in [4.78, 5) is 12.3. The minimum atomic E-state index is -0.574. The molecule has 3 aromatic rings. The van der Waals surface area contributed by atoms with E-state index in [1.54, 1.807) is 19.2 Å². The van der Waals surface area contributed by atoms with Crippen molar-refractivity contribution in [3.8, 4) is 17.2 Å². The lowest BCUT2D eigenvalue weighted by Crippen LogP contribution is -2.36. The van der Waals surface area contributed by atoms with Gasteiger partial charge in [0.05, 0.1) is 19.3 Å². The van der Waals surface area contributed by atoms with Gasteiger partial charge in [-0.05, 0) is 35.9 Å². The summed E-state index contributed by atoms with van der Waals surface area (Å²) in [7, 11) is 1.60. The molecule has 5 heteroatoms. The normalized spacial score (nSPS) is 15.2. The van der Waals surface area contributed by atoms with Crippen molar-refractivity contribution in [2.75, 3.05) is 13.7 Å². The van der Waals surface area contributed by atoms with Crippen LogP contribution in [0.2, 0.25) is 0 Å². The van der Waals surface area contributed by atoms with Gasteiger partial charge in [-0.15, -0.1) is 0 Å². The smallest absolute Gasteiger partial charge is 0.258 e. The third kappa shape index (κ3) is 3.78. The Morgan fingerprint density at radius 1 is 0.964 bits per heavy atom. The first-order chi connectivity index (χ1) is 13.7. The molecular weight excluding hydrogens is 354 g/mol. The van der Waals surface area contributed by atoms with E-state index < -0.39 is 6.23 Å². The van der Waals surface area contributed by atoms with E-state index in [2.05, 4.69) is 17.4 Å². The van der Waals surface area contributed by atoms with E-state index in [-0.39, 0.29) is 5.91 Å². The molecule has 0 aliphatic carbocycles. The molecule has 3 aromatic carbocycles. The maximum atomic E-state index is 12.3. The van der Waals surface area contributed by atoms with Crippen LogP contribution < -0.4 is 19.5 Å². The Morgan fingerprint density at radius 2 is 1.75 bits per heavy atom. The molecule has 0 unspecified atom stereocenters. The minimum Gasteiger partial charge on any atom is -0.493 e. The number of methoxy groups -OCH3 is 1. The van der Waals surface area contributed by atoms with Gasteiger partial charge in [-0.25, -0.2) is 0 Å². The van der Waals surface area contributed by atoms with Crippen LogP contribution in [0.3, 0.4) is 0 Å². The molecule has 4 rings (SSSR count). The average Bonchev–Trinajstić information content (AvgIpc) is 2.74. The molecule has 1 amide bonds. The van der Waals surface area contributed by atoms with Gasteiger partial charge in [0.1, 0.15) is 5.75 Å². The van der Waals surface area contributed by atoms with Crippen LogP contribution in [0.5, 0.6) is 17.2 Å². The Labute approximate surface area is 163 Å². The zero-order valence-electron chi connectivity index (χ0n) is 15.6. The van der Waals surface area contributed by atoms with E-state index in [9.17, 15) is 4.79 Å². The van der Waals surface area contributed by atoms with Gasteiger partial charge in [0.15, 0.2) is 17.7 Å². The quantitative estimate of drug-likeness (QED) is 0.704. The zero-order valence-corrected chi connectivity index (χ0v) is 15.6. The first kappa shape index (κ1) is 17.9. The number of carbonyl (C=O) groups is 1. The predicted molar refractivity (Wildman–Crippen MR) is 106 cm³/mol. The van der Waals surface area contributed by atoms with Crippen LogP contribution in [-0.2, 0) is 6.42 Å². The molecule has 1 aliphatic rings. The van der Waals surface area contributed by atoms with Crippen molar-refractivity contribution in [1.29, 1.82) is 0 Å². The van der Waals surface area contributed by atoms with E-state index in [1.807, 2.05) is 48.5 Å². The lowest BCUT2D eigenvalue weighted by atomic mass is 10.1. The number of amides is 1. The van der Waals surface area contributed by atoms with Crippen LogP contribution in [0.15, 0.2) is 72.8 Å². The van der Waals surface area contributed by atoms with Crippen molar-refractivity contribution in [2.24, 2.45) is 0 Å². The fourth-order valence-electron chi connectivity index (χ4n) is 3.15. The highest BCUT2D eigenvalue weighted by molar-refractivity contribution is 5.98. The van der Waals surface area contributed by atoms with E-state index >= 15 is 0 Å². The number of ether oxygens (including phenoxy) is 3. The third-order valence-corrected chi connectivity index (χ3v) is 4.62. The van der Waals surface area contributed by atoms with Crippen molar-refractivity contribution in [3.63, 3.8) is 0 Å². The number of carbonyl (C=O) groups excluding carboxylic acids is 1. The maximum Gasteiger partial charge on any atom is 0.258 e. The van der Waals surface area contributed by atoms with Gasteiger partial charge in [0.25, 0.3) is 5.91 Å². The molecule has 0 saturated heterocycles. The summed E-state index contributed by atoms with van der Waals surface area (Å²) in [5.74, 6) is 1.67. The zero-order chi connectivity index (χ0) is 19.3. The number of para-hydroxylation sites is 1. The SMILES string of the molecule is COc1cc([C@H]2NC(=O)c3ccccc3O2)ccc1OCCc1ccccc1. The minimum absolute atomic E-state index is 0.158. The molecule has 1 N–H and O–H groups in total. The first-order valence-electron chi connectivity index (χ1n) is 9.16. The summed E-state index contributed by atoms with van der Waals surface area (Å²) >= 11 is 0. The molecule has 1 heterocycles. The summed E-state index contributed by atoms with van der Waals surface area (Å²) in [6.45, 7) is 0.545. The Hall–Kier alpha value is -3.47. The van der Waals surface area contributed by atoms with Crippen molar-refractivity contribution >= 4 is 5.91 Å². The number of hydrogen-bond donors (Lipinski definition) is 1. The number of nitrogens with one attached hydrogen (secondary N) is 1. The predicted octanol–water partition coefficient (Wildman–Crippen LogP) is 4.14. The number of rotatable bonds is 6. The summed E-state index contributed by atoms with van der Waals surface area (Å²) in [5.41, 5.74) is 2.54. The van der Waals surface area contributed by atoms with Gasteiger partial charge in [0, 0.05) is 12.0 Å². The molecular formula is C23H21NO4. The summed E-state index contributed by atoms with van der Waals surface area (Å²) in [5, 5.41) is 2.87. The molecule has 5 nitrogen and oxygen atoms in total. The lowest BCUT2D eigenvalue weighted by molar-refractivity contribution is 0.0755. The largest absolute Gasteiger partial charge is 0.493 e. The molecule has 0 bridgehead atoms. The molecule has 1 aliphatic heterocycles. The second-order valence-corrected chi connectivity index (χ2v) is 6.46. The second-order valence-electron chi connectivity index (χ2n) is 6.46. The molecule has 1 atom stereocenters. The molecule has 0 spiro atoms. The number of benzene rings is 3. The average molecular weight is 375 g/mol. The van der Waals surface area contributed by atoms with Crippen LogP contribution in [0.1, 0.15) is 27.7 Å². The third-order valence-electron chi connectivity index (χ3n) is 4.62. The summed E-state index contributed by atoms with van der Waals surface area (Å²) < 4.78 is 17.3. The van der Waals surface area contributed by atoms with Crippen molar-refractivity contribution in [1.82, 2.24) is 5.32 Å². The van der Waals surface area contributed by atoms with Gasteiger partial charge in [-0.3, -0.25) is 4.79 Å². The maximum absolute atomic E-state index is 12.3. The molecule has 0 fully saturated rings. The first-order valence-corrected chi connectivity index (χ1v) is 9.16. The van der Waals surface area contributed by atoms with Crippen LogP contribution in [0, 0.1) is 0 Å². The van der Waals surface area contributed by atoms with Crippen molar-refractivity contribution < 1.29 is 19.0 Å². The Morgan fingerprint density at radius 3 is 2.57 bits per heavy atom. The van der Waals surface area contributed by atoms with E-state index in [4.69, 9.17) is 14.2 Å². The van der Waals surface area contributed by atoms with Crippen molar-refractivity contribution in [2.45, 2.75) is 12.6 Å². The molecule has 142 valence electrons. The summed E-state index contributed by atoms with van der Waals surface area (Å²) in [6, 6.07) is 22.9. The van der Waals surface area contributed by atoms with Gasteiger partial charge < -0.3 is 19.5 Å².